The summed E-state index contributed by atoms with van der Waals surface area (Å²) < 4.78 is 42.4. The molecule has 23 heavy (non-hydrogen) atoms. The Morgan fingerprint density at radius 1 is 1.35 bits per heavy atom. The van der Waals surface area contributed by atoms with Crippen LogP contribution in [0.2, 0.25) is 0 Å². The van der Waals surface area contributed by atoms with Crippen molar-refractivity contribution in [2.24, 2.45) is 5.10 Å². The van der Waals surface area contributed by atoms with Crippen LogP contribution >= 0.6 is 0 Å². The second-order valence-corrected chi connectivity index (χ2v) is 6.46. The van der Waals surface area contributed by atoms with E-state index in [-0.39, 0.29) is 5.69 Å². The minimum absolute atomic E-state index is 0.180. The third-order valence-corrected chi connectivity index (χ3v) is 3.87. The molecule has 0 aliphatic heterocycles. The van der Waals surface area contributed by atoms with Crippen LogP contribution in [0, 0.1) is 5.82 Å². The van der Waals surface area contributed by atoms with Gasteiger partial charge < -0.3 is 4.42 Å². The summed E-state index contributed by atoms with van der Waals surface area (Å²) in [7, 11) is -3.71. The van der Waals surface area contributed by atoms with Crippen LogP contribution in [0.25, 0.3) is 0 Å². The number of carbonyl (C=O) groups excluding carboxylic acids is 1. The van der Waals surface area contributed by atoms with E-state index in [1.807, 2.05) is 0 Å². The second kappa shape index (κ2) is 7.05. The van der Waals surface area contributed by atoms with E-state index in [0.29, 0.717) is 5.76 Å². The van der Waals surface area contributed by atoms with Gasteiger partial charge in [0.25, 0.3) is 5.91 Å². The highest BCUT2D eigenvalue weighted by molar-refractivity contribution is 7.92. The van der Waals surface area contributed by atoms with Crippen LogP contribution in [0.15, 0.2) is 52.2 Å². The molecule has 0 aliphatic carbocycles. The van der Waals surface area contributed by atoms with Crippen molar-refractivity contribution in [3.63, 3.8) is 0 Å². The lowest BCUT2D eigenvalue weighted by atomic mass is 10.3. The fourth-order valence-corrected chi connectivity index (χ4v) is 2.56. The van der Waals surface area contributed by atoms with Crippen LogP contribution in [0.3, 0.4) is 0 Å². The lowest BCUT2D eigenvalue weighted by Gasteiger charge is -2.21. The lowest BCUT2D eigenvalue weighted by molar-refractivity contribution is -0.119. The molecule has 2 aromatic rings. The van der Waals surface area contributed by atoms with Gasteiger partial charge in [0.15, 0.2) is 0 Å². The molecule has 7 nitrogen and oxygen atoms in total. The van der Waals surface area contributed by atoms with Crippen molar-refractivity contribution >= 4 is 27.8 Å². The predicted octanol–water partition coefficient (Wildman–Crippen LogP) is 1.34. The first-order chi connectivity index (χ1) is 10.9. The predicted molar refractivity (Wildman–Crippen MR) is 83.0 cm³/mol. The molecule has 2 rings (SSSR count). The van der Waals surface area contributed by atoms with E-state index in [4.69, 9.17) is 4.42 Å². The summed E-state index contributed by atoms with van der Waals surface area (Å²) in [5, 5.41) is 3.66. The molecule has 0 saturated heterocycles. The fourth-order valence-electron chi connectivity index (χ4n) is 1.71. The molecule has 1 N–H and O–H groups in total. The highest BCUT2D eigenvalue weighted by Crippen LogP contribution is 2.17. The van der Waals surface area contributed by atoms with Crippen molar-refractivity contribution < 1.29 is 22.0 Å². The van der Waals surface area contributed by atoms with Gasteiger partial charge in [-0.2, -0.15) is 5.10 Å². The van der Waals surface area contributed by atoms with E-state index in [1.165, 1.54) is 24.6 Å². The van der Waals surface area contributed by atoms with Crippen molar-refractivity contribution in [1.82, 2.24) is 5.43 Å². The van der Waals surface area contributed by atoms with Crippen molar-refractivity contribution in [2.45, 2.75) is 0 Å². The molecular weight excluding hydrogens is 325 g/mol. The Kier molecular flexibility index (Phi) is 5.12. The summed E-state index contributed by atoms with van der Waals surface area (Å²) in [6, 6.07) is 8.06. The number of nitrogens with one attached hydrogen (secondary N) is 1. The van der Waals surface area contributed by atoms with Gasteiger partial charge >= 0.3 is 0 Å². The molecular formula is C14H14FN3O4S. The monoisotopic (exact) mass is 339 g/mol. The first-order valence-corrected chi connectivity index (χ1v) is 8.30. The molecule has 9 heteroatoms. The highest BCUT2D eigenvalue weighted by Gasteiger charge is 2.20. The van der Waals surface area contributed by atoms with Crippen LogP contribution in [0.4, 0.5) is 10.1 Å². The van der Waals surface area contributed by atoms with Gasteiger partial charge in [-0.3, -0.25) is 9.10 Å². The maximum absolute atomic E-state index is 12.9. The number of benzene rings is 1. The molecule has 122 valence electrons. The normalized spacial score (nSPS) is 11.6. The molecule has 0 saturated carbocycles. The van der Waals surface area contributed by atoms with Crippen LogP contribution < -0.4 is 9.73 Å². The van der Waals surface area contributed by atoms with Gasteiger partial charge in [-0.25, -0.2) is 18.2 Å². The SMILES string of the molecule is CS(=O)(=O)N(CC(=O)N/N=C\c1ccco1)c1ccc(F)cc1. The molecule has 0 spiro atoms. The van der Waals surface area contributed by atoms with E-state index in [0.717, 1.165) is 22.7 Å². The number of hydrogen-bond donors (Lipinski definition) is 1. The molecule has 1 heterocycles. The van der Waals surface area contributed by atoms with E-state index in [1.54, 1.807) is 12.1 Å². The Morgan fingerprint density at radius 3 is 2.61 bits per heavy atom. The first kappa shape index (κ1) is 16.7. The smallest absolute Gasteiger partial charge is 0.260 e. The highest BCUT2D eigenvalue weighted by atomic mass is 32.2. The Hall–Kier alpha value is -2.68. The Morgan fingerprint density at radius 2 is 2.04 bits per heavy atom. The second-order valence-electron chi connectivity index (χ2n) is 4.55. The first-order valence-electron chi connectivity index (χ1n) is 6.45. The Labute approximate surface area is 132 Å². The van der Waals surface area contributed by atoms with Gasteiger partial charge in [0, 0.05) is 0 Å². The summed E-state index contributed by atoms with van der Waals surface area (Å²) in [5.41, 5.74) is 2.37. The van der Waals surface area contributed by atoms with Crippen molar-refractivity contribution in [3.8, 4) is 0 Å². The summed E-state index contributed by atoms with van der Waals surface area (Å²) in [4.78, 5) is 11.8. The molecule has 1 aromatic carbocycles. The average Bonchev–Trinajstić information content (AvgIpc) is 2.98. The number of halogens is 1. The minimum Gasteiger partial charge on any atom is -0.463 e. The number of sulfonamides is 1. The molecule has 0 fully saturated rings. The molecule has 0 bridgehead atoms. The minimum atomic E-state index is -3.71. The number of rotatable bonds is 6. The molecule has 0 atom stereocenters. The zero-order valence-corrected chi connectivity index (χ0v) is 13.0. The molecule has 0 radical (unpaired) electrons. The maximum Gasteiger partial charge on any atom is 0.260 e. The van der Waals surface area contributed by atoms with E-state index in [9.17, 15) is 17.6 Å². The molecule has 0 aliphatic rings. The van der Waals surface area contributed by atoms with Gasteiger partial charge in [-0.15, -0.1) is 0 Å². The van der Waals surface area contributed by atoms with Gasteiger partial charge in [0.1, 0.15) is 18.1 Å². The Balaban J connectivity index is 2.06. The van der Waals surface area contributed by atoms with Gasteiger partial charge in [0.05, 0.1) is 24.4 Å². The third-order valence-electron chi connectivity index (χ3n) is 2.73. The quantitative estimate of drug-likeness (QED) is 0.635. The van der Waals surface area contributed by atoms with E-state index < -0.39 is 28.3 Å². The van der Waals surface area contributed by atoms with E-state index >= 15 is 0 Å². The van der Waals surface area contributed by atoms with Crippen molar-refractivity contribution in [2.75, 3.05) is 17.1 Å². The van der Waals surface area contributed by atoms with Gasteiger partial charge in [-0.05, 0) is 36.4 Å². The van der Waals surface area contributed by atoms with Crippen LogP contribution in [0.5, 0.6) is 0 Å². The summed E-state index contributed by atoms with van der Waals surface area (Å²) in [6.07, 6.45) is 3.68. The van der Waals surface area contributed by atoms with Gasteiger partial charge in [0.2, 0.25) is 10.0 Å². The molecule has 1 aromatic heterocycles. The zero-order chi connectivity index (χ0) is 16.9. The number of anilines is 1. The number of hydrogen-bond acceptors (Lipinski definition) is 5. The number of carbonyl (C=O) groups is 1. The van der Waals surface area contributed by atoms with Crippen LogP contribution in [-0.4, -0.2) is 33.3 Å². The van der Waals surface area contributed by atoms with Crippen molar-refractivity contribution in [1.29, 1.82) is 0 Å². The standard InChI is InChI=1S/C14H14FN3O4S/c1-23(20,21)18(12-6-4-11(15)5-7-12)10-14(19)17-16-9-13-3-2-8-22-13/h2-9H,10H2,1H3,(H,17,19)/b16-9-. The molecule has 0 unspecified atom stereocenters. The Bertz CT molecular complexity index is 786. The number of nitrogens with zero attached hydrogens (tertiary/aromatic N) is 2. The number of furan rings is 1. The van der Waals surface area contributed by atoms with Crippen LogP contribution in [0.1, 0.15) is 5.76 Å². The largest absolute Gasteiger partial charge is 0.463 e. The van der Waals surface area contributed by atoms with Crippen LogP contribution in [-0.2, 0) is 14.8 Å². The summed E-state index contributed by atoms with van der Waals surface area (Å²) in [6.45, 7) is -0.486. The van der Waals surface area contributed by atoms with Gasteiger partial charge in [-0.1, -0.05) is 0 Å². The summed E-state index contributed by atoms with van der Waals surface area (Å²) in [5.74, 6) is -0.721. The number of amides is 1. The maximum atomic E-state index is 12.9. The third kappa shape index (κ3) is 4.92. The number of hydrazone groups is 1. The van der Waals surface area contributed by atoms with E-state index in [2.05, 4.69) is 10.5 Å². The van der Waals surface area contributed by atoms with Crippen molar-refractivity contribution in [3.05, 3.63) is 54.2 Å². The topological polar surface area (TPSA) is 92.0 Å². The summed E-state index contributed by atoms with van der Waals surface area (Å²) >= 11 is 0. The molecule has 1 amide bonds. The average molecular weight is 339 g/mol. The zero-order valence-electron chi connectivity index (χ0n) is 12.1. The fraction of sp³-hybridized carbons (Fsp3) is 0.143. The lowest BCUT2D eigenvalue weighted by Crippen LogP contribution is -2.39.